The van der Waals surface area contributed by atoms with Crippen LogP contribution in [0.4, 0.5) is 5.69 Å². The van der Waals surface area contributed by atoms with Crippen molar-refractivity contribution in [2.75, 3.05) is 5.32 Å². The molecule has 0 heterocycles. The van der Waals surface area contributed by atoms with Crippen LogP contribution in [0.25, 0.3) is 0 Å². The van der Waals surface area contributed by atoms with Crippen LogP contribution in [0, 0.1) is 13.8 Å². The van der Waals surface area contributed by atoms with E-state index in [-0.39, 0.29) is 4.90 Å². The maximum Gasteiger partial charge on any atom is 0.339 e. The van der Waals surface area contributed by atoms with E-state index in [9.17, 15) is 18.0 Å². The number of carbonyl (C=O) groups is 2. The lowest BCUT2D eigenvalue weighted by Crippen LogP contribution is -2.30. The Kier molecular flexibility index (Phi) is 5.79. The van der Waals surface area contributed by atoms with Gasteiger partial charge < -0.3 is 10.1 Å². The normalized spacial score (nSPS) is 12.3. The van der Waals surface area contributed by atoms with Gasteiger partial charge in [-0.05, 0) is 56.7 Å². The largest absolute Gasteiger partial charge is 0.449 e. The molecular formula is C18H20N2O5S. The predicted octanol–water partition coefficient (Wildman–Crippen LogP) is 2.13. The number of sulfonamides is 1. The first-order valence-corrected chi connectivity index (χ1v) is 9.34. The number of nitrogens with one attached hydrogen (secondary N) is 1. The van der Waals surface area contributed by atoms with Crippen molar-refractivity contribution >= 4 is 27.6 Å². The first kappa shape index (κ1) is 19.6. The van der Waals surface area contributed by atoms with Crippen molar-refractivity contribution in [3.8, 4) is 0 Å². The molecule has 2 aromatic carbocycles. The molecule has 0 saturated carbocycles. The smallest absolute Gasteiger partial charge is 0.339 e. The van der Waals surface area contributed by atoms with Gasteiger partial charge in [0.15, 0.2) is 6.10 Å². The van der Waals surface area contributed by atoms with Gasteiger partial charge in [-0.1, -0.05) is 17.7 Å². The number of hydrogen-bond acceptors (Lipinski definition) is 5. The zero-order chi connectivity index (χ0) is 19.5. The van der Waals surface area contributed by atoms with Crippen LogP contribution in [0.15, 0.2) is 47.4 Å². The number of amides is 1. The summed E-state index contributed by atoms with van der Waals surface area (Å²) in [5.74, 6) is -1.12. The molecule has 138 valence electrons. The molecule has 3 N–H and O–H groups in total. The van der Waals surface area contributed by atoms with Crippen LogP contribution < -0.4 is 10.5 Å². The summed E-state index contributed by atoms with van der Waals surface area (Å²) in [6.45, 7) is 5.10. The molecule has 2 aromatic rings. The molecule has 0 saturated heterocycles. The first-order valence-electron chi connectivity index (χ1n) is 7.80. The Morgan fingerprint density at radius 3 is 2.27 bits per heavy atom. The van der Waals surface area contributed by atoms with Gasteiger partial charge in [-0.3, -0.25) is 4.79 Å². The third-order valence-corrected chi connectivity index (χ3v) is 4.65. The van der Waals surface area contributed by atoms with Gasteiger partial charge in [-0.25, -0.2) is 18.4 Å². The molecule has 8 heteroatoms. The molecule has 2 rings (SSSR count). The summed E-state index contributed by atoms with van der Waals surface area (Å²) in [4.78, 5) is 24.4. The maximum absolute atomic E-state index is 12.3. The first-order chi connectivity index (χ1) is 12.1. The number of rotatable bonds is 5. The number of esters is 1. The number of anilines is 1. The number of primary sulfonamides is 1. The predicted molar refractivity (Wildman–Crippen MR) is 97.2 cm³/mol. The van der Waals surface area contributed by atoms with E-state index in [0.717, 1.165) is 11.1 Å². The number of nitrogens with two attached hydrogens (primary N) is 1. The summed E-state index contributed by atoms with van der Waals surface area (Å²) >= 11 is 0. The van der Waals surface area contributed by atoms with E-state index in [4.69, 9.17) is 9.88 Å². The summed E-state index contributed by atoms with van der Waals surface area (Å²) in [5.41, 5.74) is 2.43. The second-order valence-corrected chi connectivity index (χ2v) is 7.49. The fraction of sp³-hybridized carbons (Fsp3) is 0.222. The minimum Gasteiger partial charge on any atom is -0.449 e. The Balaban J connectivity index is 2.03. The Bertz CT molecular complexity index is 937. The summed E-state index contributed by atoms with van der Waals surface area (Å²) in [6, 6.07) is 10.7. The number of hydrogen-bond donors (Lipinski definition) is 2. The van der Waals surface area contributed by atoms with Gasteiger partial charge in [0.2, 0.25) is 10.0 Å². The molecule has 0 fully saturated rings. The Morgan fingerprint density at radius 1 is 1.08 bits per heavy atom. The summed E-state index contributed by atoms with van der Waals surface area (Å²) in [6.07, 6.45) is -1.03. The van der Waals surface area contributed by atoms with Crippen LogP contribution in [0.3, 0.4) is 0 Å². The molecule has 0 radical (unpaired) electrons. The van der Waals surface area contributed by atoms with Gasteiger partial charge in [0.25, 0.3) is 5.91 Å². The van der Waals surface area contributed by atoms with E-state index >= 15 is 0 Å². The molecule has 0 aliphatic carbocycles. The van der Waals surface area contributed by atoms with Gasteiger partial charge >= 0.3 is 5.97 Å². The molecule has 0 bridgehead atoms. The minimum absolute atomic E-state index is 0.0649. The average molecular weight is 376 g/mol. The highest BCUT2D eigenvalue weighted by Gasteiger charge is 2.20. The van der Waals surface area contributed by atoms with Crippen LogP contribution in [-0.4, -0.2) is 26.4 Å². The van der Waals surface area contributed by atoms with E-state index in [1.807, 2.05) is 19.1 Å². The zero-order valence-corrected chi connectivity index (χ0v) is 15.5. The van der Waals surface area contributed by atoms with Gasteiger partial charge in [0, 0.05) is 5.69 Å². The third-order valence-electron chi connectivity index (χ3n) is 3.72. The zero-order valence-electron chi connectivity index (χ0n) is 14.6. The molecular weight excluding hydrogens is 356 g/mol. The molecule has 0 aliphatic heterocycles. The second-order valence-electron chi connectivity index (χ2n) is 5.92. The number of carbonyl (C=O) groups excluding carboxylic acids is 2. The van der Waals surface area contributed by atoms with Crippen molar-refractivity contribution in [2.24, 2.45) is 5.14 Å². The molecule has 1 amide bonds. The summed E-state index contributed by atoms with van der Waals surface area (Å²) in [5, 5.41) is 7.57. The lowest BCUT2D eigenvalue weighted by molar-refractivity contribution is -0.123. The molecule has 26 heavy (non-hydrogen) atoms. The third kappa shape index (κ3) is 4.90. The highest BCUT2D eigenvalue weighted by Crippen LogP contribution is 2.15. The van der Waals surface area contributed by atoms with Crippen molar-refractivity contribution in [3.63, 3.8) is 0 Å². The number of aryl methyl sites for hydroxylation is 2. The van der Waals surface area contributed by atoms with E-state index in [1.54, 1.807) is 13.0 Å². The van der Waals surface area contributed by atoms with E-state index in [0.29, 0.717) is 11.3 Å². The Morgan fingerprint density at radius 2 is 1.69 bits per heavy atom. The Hall–Kier alpha value is -2.71. The van der Waals surface area contributed by atoms with Gasteiger partial charge in [-0.2, -0.15) is 0 Å². The van der Waals surface area contributed by atoms with Gasteiger partial charge in [-0.15, -0.1) is 0 Å². The lowest BCUT2D eigenvalue weighted by Gasteiger charge is -2.15. The van der Waals surface area contributed by atoms with Crippen LogP contribution in [-0.2, 0) is 19.6 Å². The molecule has 1 atom stereocenters. The fourth-order valence-corrected chi connectivity index (χ4v) is 2.72. The fourth-order valence-electron chi connectivity index (χ4n) is 2.21. The molecule has 0 spiro atoms. The monoisotopic (exact) mass is 376 g/mol. The molecule has 7 nitrogen and oxygen atoms in total. The van der Waals surface area contributed by atoms with E-state index < -0.39 is 28.0 Å². The Labute approximate surface area is 152 Å². The van der Waals surface area contributed by atoms with Crippen LogP contribution in [0.2, 0.25) is 0 Å². The van der Waals surface area contributed by atoms with Crippen LogP contribution >= 0.6 is 0 Å². The molecule has 0 aromatic heterocycles. The second kappa shape index (κ2) is 7.67. The SMILES string of the molecule is Cc1ccc(C)c(C(=O)O[C@H](C)C(=O)Nc2ccc(S(N)(=O)=O)cc2)c1. The van der Waals surface area contributed by atoms with E-state index in [2.05, 4.69) is 5.32 Å². The van der Waals surface area contributed by atoms with Crippen molar-refractivity contribution in [1.29, 1.82) is 0 Å². The van der Waals surface area contributed by atoms with Crippen LogP contribution in [0.1, 0.15) is 28.4 Å². The molecule has 0 aliphatic rings. The standard InChI is InChI=1S/C18H20N2O5S/c1-11-4-5-12(2)16(10-11)18(22)25-13(3)17(21)20-14-6-8-15(9-7-14)26(19,23)24/h4-10,13H,1-3H3,(H,20,21)(H2,19,23,24)/t13-/m1/s1. The van der Waals surface area contributed by atoms with Gasteiger partial charge in [0.1, 0.15) is 0 Å². The van der Waals surface area contributed by atoms with Gasteiger partial charge in [0.05, 0.1) is 10.5 Å². The topological polar surface area (TPSA) is 116 Å². The van der Waals surface area contributed by atoms with E-state index in [1.165, 1.54) is 31.2 Å². The van der Waals surface area contributed by atoms with Crippen molar-refractivity contribution in [3.05, 3.63) is 59.2 Å². The highest BCUT2D eigenvalue weighted by atomic mass is 32.2. The summed E-state index contributed by atoms with van der Waals surface area (Å²) < 4.78 is 27.6. The molecule has 0 unspecified atom stereocenters. The number of benzene rings is 2. The van der Waals surface area contributed by atoms with Crippen LogP contribution in [0.5, 0.6) is 0 Å². The lowest BCUT2D eigenvalue weighted by atomic mass is 10.1. The van der Waals surface area contributed by atoms with Crippen molar-refractivity contribution in [2.45, 2.75) is 31.8 Å². The summed E-state index contributed by atoms with van der Waals surface area (Å²) in [7, 11) is -3.80. The maximum atomic E-state index is 12.3. The quantitative estimate of drug-likeness (QED) is 0.776. The average Bonchev–Trinajstić information content (AvgIpc) is 2.56. The minimum atomic E-state index is -3.80. The number of ether oxygens (including phenoxy) is 1. The van der Waals surface area contributed by atoms with Crippen molar-refractivity contribution in [1.82, 2.24) is 0 Å². The van der Waals surface area contributed by atoms with Crippen molar-refractivity contribution < 1.29 is 22.7 Å². The highest BCUT2D eigenvalue weighted by molar-refractivity contribution is 7.89.